The molecule has 0 fully saturated rings. The number of ketones is 1. The lowest BCUT2D eigenvalue weighted by atomic mass is 10.0. The SMILES string of the molecule is Cc1ccc(C(=O)CCCCCl)cc1. The highest BCUT2D eigenvalue weighted by molar-refractivity contribution is 6.17. The van der Waals surface area contributed by atoms with Crippen LogP contribution in [-0.2, 0) is 0 Å². The number of hydrogen-bond donors (Lipinski definition) is 0. The van der Waals surface area contributed by atoms with Crippen LogP contribution >= 0.6 is 11.6 Å². The van der Waals surface area contributed by atoms with Crippen LogP contribution in [0.5, 0.6) is 0 Å². The molecule has 0 heterocycles. The molecule has 0 aromatic heterocycles. The highest BCUT2D eigenvalue weighted by atomic mass is 35.5. The van der Waals surface area contributed by atoms with E-state index < -0.39 is 0 Å². The maximum atomic E-state index is 11.6. The molecule has 76 valence electrons. The Balaban J connectivity index is 2.48. The van der Waals surface area contributed by atoms with Gasteiger partial charge in [0.05, 0.1) is 0 Å². The van der Waals surface area contributed by atoms with Crippen molar-refractivity contribution in [2.45, 2.75) is 26.2 Å². The molecule has 14 heavy (non-hydrogen) atoms. The standard InChI is InChI=1S/C12H15ClO/c1-10-5-7-11(8-6-10)12(14)4-2-3-9-13/h5-8H,2-4,9H2,1H3. The van der Waals surface area contributed by atoms with Crippen LogP contribution < -0.4 is 0 Å². The fourth-order valence-corrected chi connectivity index (χ4v) is 1.45. The van der Waals surface area contributed by atoms with Crippen molar-refractivity contribution in [1.82, 2.24) is 0 Å². The summed E-state index contributed by atoms with van der Waals surface area (Å²) < 4.78 is 0. The van der Waals surface area contributed by atoms with Gasteiger partial charge in [-0.25, -0.2) is 0 Å². The van der Waals surface area contributed by atoms with E-state index in [0.29, 0.717) is 12.3 Å². The zero-order valence-electron chi connectivity index (χ0n) is 8.42. The van der Waals surface area contributed by atoms with Gasteiger partial charge in [-0.1, -0.05) is 29.8 Å². The second-order valence-electron chi connectivity index (χ2n) is 3.44. The van der Waals surface area contributed by atoms with E-state index in [9.17, 15) is 4.79 Å². The summed E-state index contributed by atoms with van der Waals surface area (Å²) in [4.78, 5) is 11.6. The fourth-order valence-electron chi connectivity index (χ4n) is 1.26. The Bertz CT molecular complexity index is 290. The Hall–Kier alpha value is -0.820. The number of carbonyl (C=O) groups is 1. The van der Waals surface area contributed by atoms with E-state index in [4.69, 9.17) is 11.6 Å². The molecule has 0 radical (unpaired) electrons. The lowest BCUT2D eigenvalue weighted by Gasteiger charge is -2.00. The number of benzene rings is 1. The van der Waals surface area contributed by atoms with E-state index in [1.165, 1.54) is 5.56 Å². The first-order chi connectivity index (χ1) is 6.74. The Morgan fingerprint density at radius 2 is 1.86 bits per heavy atom. The first-order valence-electron chi connectivity index (χ1n) is 4.90. The van der Waals surface area contributed by atoms with E-state index in [1.807, 2.05) is 31.2 Å². The quantitative estimate of drug-likeness (QED) is 0.413. The van der Waals surface area contributed by atoms with Crippen LogP contribution in [-0.4, -0.2) is 11.7 Å². The zero-order chi connectivity index (χ0) is 10.4. The van der Waals surface area contributed by atoms with Gasteiger partial charge in [-0.15, -0.1) is 11.6 Å². The van der Waals surface area contributed by atoms with Crippen molar-refractivity contribution in [3.05, 3.63) is 35.4 Å². The molecule has 0 aliphatic heterocycles. The minimum atomic E-state index is 0.218. The molecule has 0 aliphatic rings. The highest BCUT2D eigenvalue weighted by Crippen LogP contribution is 2.08. The molecule has 1 aromatic carbocycles. The van der Waals surface area contributed by atoms with Gasteiger partial charge < -0.3 is 0 Å². The third kappa shape index (κ3) is 3.51. The van der Waals surface area contributed by atoms with E-state index in [-0.39, 0.29) is 5.78 Å². The largest absolute Gasteiger partial charge is 0.294 e. The Kier molecular flexibility index (Phi) is 4.68. The summed E-state index contributed by atoms with van der Waals surface area (Å²) in [6.07, 6.45) is 2.41. The summed E-state index contributed by atoms with van der Waals surface area (Å²) in [7, 11) is 0. The third-order valence-corrected chi connectivity index (χ3v) is 2.43. The number of alkyl halides is 1. The molecule has 1 rings (SSSR count). The van der Waals surface area contributed by atoms with Crippen LogP contribution in [0.3, 0.4) is 0 Å². The van der Waals surface area contributed by atoms with Gasteiger partial charge in [0.1, 0.15) is 0 Å². The monoisotopic (exact) mass is 210 g/mol. The number of aryl methyl sites for hydroxylation is 1. The van der Waals surface area contributed by atoms with E-state index in [1.54, 1.807) is 0 Å². The van der Waals surface area contributed by atoms with Gasteiger partial charge in [-0.2, -0.15) is 0 Å². The molecule has 0 spiro atoms. The van der Waals surface area contributed by atoms with Crippen molar-refractivity contribution in [3.63, 3.8) is 0 Å². The van der Waals surface area contributed by atoms with E-state index in [0.717, 1.165) is 18.4 Å². The topological polar surface area (TPSA) is 17.1 Å². The summed E-state index contributed by atoms with van der Waals surface area (Å²) >= 11 is 5.54. The van der Waals surface area contributed by atoms with Crippen molar-refractivity contribution < 1.29 is 4.79 Å². The lowest BCUT2D eigenvalue weighted by Crippen LogP contribution is -1.98. The average molecular weight is 211 g/mol. The average Bonchev–Trinajstić information content (AvgIpc) is 2.19. The summed E-state index contributed by atoms with van der Waals surface area (Å²) in [6, 6.07) is 7.71. The van der Waals surface area contributed by atoms with Gasteiger partial charge >= 0.3 is 0 Å². The smallest absolute Gasteiger partial charge is 0.162 e. The van der Waals surface area contributed by atoms with E-state index >= 15 is 0 Å². The zero-order valence-corrected chi connectivity index (χ0v) is 9.18. The maximum Gasteiger partial charge on any atom is 0.162 e. The van der Waals surface area contributed by atoms with Crippen LogP contribution in [0.2, 0.25) is 0 Å². The first-order valence-corrected chi connectivity index (χ1v) is 5.43. The van der Waals surface area contributed by atoms with Crippen molar-refractivity contribution in [2.24, 2.45) is 0 Å². The molecule has 1 nitrogen and oxygen atoms in total. The van der Waals surface area contributed by atoms with Crippen LogP contribution in [0, 0.1) is 6.92 Å². The number of unbranched alkanes of at least 4 members (excludes halogenated alkanes) is 1. The van der Waals surface area contributed by atoms with Crippen LogP contribution in [0.25, 0.3) is 0 Å². The molecule has 1 aromatic rings. The van der Waals surface area contributed by atoms with Crippen LogP contribution in [0.15, 0.2) is 24.3 Å². The van der Waals surface area contributed by atoms with Crippen LogP contribution in [0.4, 0.5) is 0 Å². The Morgan fingerprint density at radius 3 is 2.43 bits per heavy atom. The van der Waals surface area contributed by atoms with Gasteiger partial charge in [0.15, 0.2) is 5.78 Å². The minimum absolute atomic E-state index is 0.218. The van der Waals surface area contributed by atoms with Gasteiger partial charge in [0, 0.05) is 17.9 Å². The number of rotatable bonds is 5. The highest BCUT2D eigenvalue weighted by Gasteiger charge is 2.03. The molecule has 0 atom stereocenters. The normalized spacial score (nSPS) is 10.1. The first kappa shape index (κ1) is 11.3. The molecule has 0 amide bonds. The number of halogens is 1. The Morgan fingerprint density at radius 1 is 1.21 bits per heavy atom. The van der Waals surface area contributed by atoms with Gasteiger partial charge in [0.2, 0.25) is 0 Å². The molecule has 0 bridgehead atoms. The number of hydrogen-bond acceptors (Lipinski definition) is 1. The molecule has 0 N–H and O–H groups in total. The van der Waals surface area contributed by atoms with Crippen molar-refractivity contribution in [2.75, 3.05) is 5.88 Å². The minimum Gasteiger partial charge on any atom is -0.294 e. The lowest BCUT2D eigenvalue weighted by molar-refractivity contribution is 0.0980. The molecule has 0 saturated carbocycles. The second kappa shape index (κ2) is 5.82. The van der Waals surface area contributed by atoms with Gasteiger partial charge in [-0.05, 0) is 19.8 Å². The third-order valence-electron chi connectivity index (χ3n) is 2.16. The summed E-state index contributed by atoms with van der Waals surface area (Å²) in [5, 5.41) is 0. The summed E-state index contributed by atoms with van der Waals surface area (Å²) in [5.74, 6) is 0.858. The molecule has 0 aliphatic carbocycles. The number of carbonyl (C=O) groups excluding carboxylic acids is 1. The summed E-state index contributed by atoms with van der Waals surface area (Å²) in [6.45, 7) is 2.02. The van der Waals surface area contributed by atoms with Gasteiger partial charge in [-0.3, -0.25) is 4.79 Å². The van der Waals surface area contributed by atoms with Crippen LogP contribution in [0.1, 0.15) is 35.2 Å². The molecule has 0 saturated heterocycles. The van der Waals surface area contributed by atoms with Crippen molar-refractivity contribution in [1.29, 1.82) is 0 Å². The summed E-state index contributed by atoms with van der Waals surface area (Å²) in [5.41, 5.74) is 1.99. The molecular formula is C12H15ClO. The van der Waals surface area contributed by atoms with Crippen molar-refractivity contribution >= 4 is 17.4 Å². The predicted molar refractivity (Wildman–Crippen MR) is 60.1 cm³/mol. The number of Topliss-reactive ketones (excluding diaryl/α,β-unsaturated/α-hetero) is 1. The Labute approximate surface area is 90.1 Å². The fraction of sp³-hybridized carbons (Fsp3) is 0.417. The maximum absolute atomic E-state index is 11.6. The molecular weight excluding hydrogens is 196 g/mol. The predicted octanol–water partition coefficient (Wildman–Crippen LogP) is 3.59. The molecule has 2 heteroatoms. The van der Waals surface area contributed by atoms with Gasteiger partial charge in [0.25, 0.3) is 0 Å². The molecule has 0 unspecified atom stereocenters. The van der Waals surface area contributed by atoms with Crippen molar-refractivity contribution in [3.8, 4) is 0 Å². The van der Waals surface area contributed by atoms with E-state index in [2.05, 4.69) is 0 Å². The second-order valence-corrected chi connectivity index (χ2v) is 3.81.